The Labute approximate surface area is 226 Å². The maximum atomic E-state index is 13.9. The Morgan fingerprint density at radius 1 is 0.974 bits per heavy atom. The van der Waals surface area contributed by atoms with E-state index in [4.69, 9.17) is 4.74 Å². The number of carboxylic acid groups (broad SMARTS) is 1. The Morgan fingerprint density at radius 3 is 2.51 bits per heavy atom. The summed E-state index contributed by atoms with van der Waals surface area (Å²) in [6.45, 7) is 1.83. The van der Waals surface area contributed by atoms with Crippen molar-refractivity contribution in [2.45, 2.75) is 70.1 Å². The van der Waals surface area contributed by atoms with Crippen LogP contribution in [-0.4, -0.2) is 48.1 Å². The number of likely N-dealkylation sites (tertiary alicyclic amines) is 1. The third-order valence-electron chi connectivity index (χ3n) is 8.33. The Kier molecular flexibility index (Phi) is 8.16. The third-order valence-corrected chi connectivity index (χ3v) is 8.33. The first-order valence-corrected chi connectivity index (χ1v) is 13.9. The van der Waals surface area contributed by atoms with E-state index >= 15 is 0 Å². The highest BCUT2D eigenvalue weighted by atomic mass is 19.4. The minimum atomic E-state index is -4.41. The van der Waals surface area contributed by atoms with Gasteiger partial charge in [-0.3, -0.25) is 14.5 Å². The first kappa shape index (κ1) is 27.5. The fraction of sp³-hybridized carbons (Fsp3) is 0.533. The predicted molar refractivity (Wildman–Crippen MR) is 141 cm³/mol. The van der Waals surface area contributed by atoms with Gasteiger partial charge in [0.2, 0.25) is 5.91 Å². The number of alkyl halides is 3. The average molecular weight is 545 g/mol. The highest BCUT2D eigenvalue weighted by Crippen LogP contribution is 2.41. The van der Waals surface area contributed by atoms with Crippen molar-refractivity contribution in [3.8, 4) is 5.75 Å². The van der Waals surface area contributed by atoms with Crippen LogP contribution in [0.1, 0.15) is 73.1 Å². The zero-order chi connectivity index (χ0) is 27.6. The molecule has 1 aliphatic carbocycles. The molecule has 0 spiro atoms. The molecule has 2 aromatic carbocycles. The normalized spacial score (nSPS) is 20.6. The van der Waals surface area contributed by atoms with E-state index in [2.05, 4.69) is 0 Å². The molecule has 2 fully saturated rings. The third kappa shape index (κ3) is 6.40. The molecule has 0 unspecified atom stereocenters. The first-order chi connectivity index (χ1) is 18.7. The van der Waals surface area contributed by atoms with Gasteiger partial charge < -0.3 is 14.7 Å². The number of amides is 1. The number of anilines is 1. The molecule has 1 saturated heterocycles. The van der Waals surface area contributed by atoms with Crippen molar-refractivity contribution < 1.29 is 32.6 Å². The van der Waals surface area contributed by atoms with Crippen molar-refractivity contribution in [1.29, 1.82) is 0 Å². The van der Waals surface area contributed by atoms with Crippen molar-refractivity contribution >= 4 is 17.6 Å². The lowest BCUT2D eigenvalue weighted by Gasteiger charge is -2.31. The summed E-state index contributed by atoms with van der Waals surface area (Å²) >= 11 is 0. The highest BCUT2D eigenvalue weighted by molar-refractivity contribution is 5.97. The SMILES string of the molecule is O=C(O)[C@@H]1CCCN(CC(=O)N2CCc3cc(OCc4ccc(C5CCCCC5)c(C(F)(F)F)c4)ccc32)C1. The van der Waals surface area contributed by atoms with E-state index in [1.54, 1.807) is 23.1 Å². The van der Waals surface area contributed by atoms with Gasteiger partial charge in [0.05, 0.1) is 18.0 Å². The Balaban J connectivity index is 1.22. The molecule has 9 heteroatoms. The molecule has 0 radical (unpaired) electrons. The Morgan fingerprint density at radius 2 is 1.77 bits per heavy atom. The van der Waals surface area contributed by atoms with Crippen LogP contribution in [0.25, 0.3) is 0 Å². The maximum Gasteiger partial charge on any atom is 0.416 e. The van der Waals surface area contributed by atoms with Gasteiger partial charge in [-0.25, -0.2) is 0 Å². The van der Waals surface area contributed by atoms with Crippen molar-refractivity contribution in [3.05, 3.63) is 58.7 Å². The largest absolute Gasteiger partial charge is 0.489 e. The van der Waals surface area contributed by atoms with E-state index in [1.807, 2.05) is 17.0 Å². The lowest BCUT2D eigenvalue weighted by molar-refractivity contribution is -0.144. The maximum absolute atomic E-state index is 13.9. The molecule has 1 saturated carbocycles. The average Bonchev–Trinajstić information content (AvgIpc) is 3.35. The highest BCUT2D eigenvalue weighted by Gasteiger charge is 2.36. The van der Waals surface area contributed by atoms with Crippen molar-refractivity contribution in [3.63, 3.8) is 0 Å². The Bertz CT molecular complexity index is 1210. The fourth-order valence-corrected chi connectivity index (χ4v) is 6.28. The van der Waals surface area contributed by atoms with E-state index in [-0.39, 0.29) is 25.0 Å². The molecule has 2 aromatic rings. The Hall–Kier alpha value is -3.07. The standard InChI is InChI=1S/C30H35F3N2O4/c31-30(32,33)26-15-20(8-10-25(26)21-5-2-1-3-6-21)19-39-24-9-11-27-22(16-24)12-14-35(27)28(36)18-34-13-4-7-23(17-34)29(37)38/h8-11,15-16,21,23H,1-7,12-14,17-19H2,(H,37,38)/t23-/m1/s1. The summed E-state index contributed by atoms with van der Waals surface area (Å²) in [5, 5.41) is 9.31. The number of ether oxygens (including phenoxy) is 1. The summed E-state index contributed by atoms with van der Waals surface area (Å²) in [5.74, 6) is -0.811. The van der Waals surface area contributed by atoms with Crippen LogP contribution in [0, 0.1) is 5.92 Å². The summed E-state index contributed by atoms with van der Waals surface area (Å²) in [7, 11) is 0. The van der Waals surface area contributed by atoms with Crippen LogP contribution in [-0.2, 0) is 28.8 Å². The lowest BCUT2D eigenvalue weighted by Crippen LogP contribution is -2.45. The number of aliphatic carboxylic acids is 1. The van der Waals surface area contributed by atoms with Crippen LogP contribution in [0.3, 0.4) is 0 Å². The molecule has 39 heavy (non-hydrogen) atoms. The van der Waals surface area contributed by atoms with Crippen molar-refractivity contribution in [1.82, 2.24) is 4.90 Å². The molecule has 5 rings (SSSR count). The predicted octanol–water partition coefficient (Wildman–Crippen LogP) is 6.02. The molecule has 0 aromatic heterocycles. The van der Waals surface area contributed by atoms with E-state index < -0.39 is 23.6 Å². The van der Waals surface area contributed by atoms with Crippen LogP contribution < -0.4 is 9.64 Å². The number of halogens is 3. The van der Waals surface area contributed by atoms with E-state index in [0.29, 0.717) is 49.4 Å². The molecule has 3 aliphatic rings. The van der Waals surface area contributed by atoms with E-state index in [0.717, 1.165) is 49.8 Å². The molecule has 0 bridgehead atoms. The van der Waals surface area contributed by atoms with Gasteiger partial charge in [-0.1, -0.05) is 31.4 Å². The molecule has 6 nitrogen and oxygen atoms in total. The first-order valence-electron chi connectivity index (χ1n) is 13.9. The smallest absolute Gasteiger partial charge is 0.416 e. The molecular formula is C30H35F3N2O4. The second kappa shape index (κ2) is 11.6. The monoisotopic (exact) mass is 544 g/mol. The van der Waals surface area contributed by atoms with Crippen LogP contribution in [0.2, 0.25) is 0 Å². The lowest BCUT2D eigenvalue weighted by atomic mass is 9.81. The number of hydrogen-bond donors (Lipinski definition) is 1. The summed E-state index contributed by atoms with van der Waals surface area (Å²) < 4.78 is 47.6. The van der Waals surface area contributed by atoms with Crippen molar-refractivity contribution in [2.75, 3.05) is 31.1 Å². The second-order valence-corrected chi connectivity index (χ2v) is 11.0. The van der Waals surface area contributed by atoms with Gasteiger partial charge in [0, 0.05) is 18.8 Å². The van der Waals surface area contributed by atoms with Gasteiger partial charge in [-0.05, 0) is 85.5 Å². The van der Waals surface area contributed by atoms with Crippen molar-refractivity contribution in [2.24, 2.45) is 5.92 Å². The van der Waals surface area contributed by atoms with Crippen LogP contribution >= 0.6 is 0 Å². The number of carbonyl (C=O) groups is 2. The summed E-state index contributed by atoms with van der Waals surface area (Å²) in [4.78, 5) is 28.0. The van der Waals surface area contributed by atoms with Gasteiger partial charge in [0.25, 0.3) is 0 Å². The zero-order valence-electron chi connectivity index (χ0n) is 22.0. The summed E-state index contributed by atoms with van der Waals surface area (Å²) in [5.41, 5.74) is 2.07. The molecule has 1 amide bonds. The number of nitrogens with zero attached hydrogens (tertiary/aromatic N) is 2. The van der Waals surface area contributed by atoms with Gasteiger partial charge >= 0.3 is 12.1 Å². The fourth-order valence-electron chi connectivity index (χ4n) is 6.28. The van der Waals surface area contributed by atoms with Gasteiger partial charge in [0.15, 0.2) is 0 Å². The van der Waals surface area contributed by atoms with Gasteiger partial charge in [-0.15, -0.1) is 0 Å². The number of piperidine rings is 1. The molecule has 2 aliphatic heterocycles. The number of hydrogen-bond acceptors (Lipinski definition) is 4. The van der Waals surface area contributed by atoms with Gasteiger partial charge in [-0.2, -0.15) is 13.2 Å². The minimum absolute atomic E-state index is 0.0230. The quantitative estimate of drug-likeness (QED) is 0.462. The zero-order valence-corrected chi connectivity index (χ0v) is 22.0. The number of rotatable bonds is 7. The van der Waals surface area contributed by atoms with E-state index in [1.165, 1.54) is 6.07 Å². The van der Waals surface area contributed by atoms with Crippen LogP contribution in [0.15, 0.2) is 36.4 Å². The summed E-state index contributed by atoms with van der Waals surface area (Å²) in [6.07, 6.45) is 2.27. The van der Waals surface area contributed by atoms with Crippen LogP contribution in [0.5, 0.6) is 5.75 Å². The number of carboxylic acids is 1. The number of fused-ring (bicyclic) bond motifs is 1. The summed E-state index contributed by atoms with van der Waals surface area (Å²) in [6, 6.07) is 10.0. The second-order valence-electron chi connectivity index (χ2n) is 11.0. The van der Waals surface area contributed by atoms with E-state index in [9.17, 15) is 27.9 Å². The molecule has 210 valence electrons. The molecule has 1 N–H and O–H groups in total. The number of benzene rings is 2. The molecule has 2 heterocycles. The minimum Gasteiger partial charge on any atom is -0.489 e. The molecular weight excluding hydrogens is 509 g/mol. The topological polar surface area (TPSA) is 70.1 Å². The number of carbonyl (C=O) groups excluding carboxylic acids is 1. The van der Waals surface area contributed by atoms with Gasteiger partial charge in [0.1, 0.15) is 12.4 Å². The van der Waals surface area contributed by atoms with Crippen LogP contribution in [0.4, 0.5) is 18.9 Å². The molecule has 1 atom stereocenters.